The summed E-state index contributed by atoms with van der Waals surface area (Å²) >= 11 is 3.58. The molecule has 1 atom stereocenters. The molecule has 0 aromatic rings. The summed E-state index contributed by atoms with van der Waals surface area (Å²) in [5.41, 5.74) is -4.05. The maximum absolute atomic E-state index is 11.7. The van der Waals surface area contributed by atoms with Gasteiger partial charge in [-0.05, 0) is 31.6 Å². The van der Waals surface area contributed by atoms with E-state index in [9.17, 15) is 13.2 Å². The summed E-state index contributed by atoms with van der Waals surface area (Å²) in [5.74, 6) is 0.925. The third-order valence-corrected chi connectivity index (χ3v) is 4.05. The van der Waals surface area contributed by atoms with Crippen LogP contribution in [0.5, 0.6) is 0 Å². The molecule has 0 N–H and O–H groups in total. The van der Waals surface area contributed by atoms with E-state index in [-0.39, 0.29) is 17.5 Å². The van der Waals surface area contributed by atoms with Gasteiger partial charge >= 0.3 is 5.51 Å². The maximum atomic E-state index is 11.7. The van der Waals surface area contributed by atoms with Crippen LogP contribution >= 0.6 is 27.7 Å². The van der Waals surface area contributed by atoms with Crippen molar-refractivity contribution >= 4 is 27.7 Å². The highest BCUT2D eigenvalue weighted by Crippen LogP contribution is 2.39. The third-order valence-electron chi connectivity index (χ3n) is 2.02. The molecule has 0 bridgehead atoms. The minimum atomic E-state index is -4.05. The SMILES string of the molecule is FC(F)(F)SCCCC(Br)C1CC1. The highest BCUT2D eigenvalue weighted by molar-refractivity contribution is 9.09. The zero-order valence-corrected chi connectivity index (χ0v) is 9.51. The Morgan fingerprint density at radius 2 is 2.00 bits per heavy atom. The van der Waals surface area contributed by atoms with Crippen LogP contribution in [-0.2, 0) is 0 Å². The van der Waals surface area contributed by atoms with Crippen LogP contribution in [0.25, 0.3) is 0 Å². The monoisotopic (exact) mass is 276 g/mol. The molecule has 0 radical (unpaired) electrons. The average Bonchev–Trinajstić information content (AvgIpc) is 2.77. The Kier molecular flexibility index (Phi) is 4.42. The summed E-state index contributed by atoms with van der Waals surface area (Å²) in [4.78, 5) is 0.446. The van der Waals surface area contributed by atoms with Gasteiger partial charge in [0.05, 0.1) is 0 Å². The first-order valence-corrected chi connectivity index (χ1v) is 6.24. The first kappa shape index (κ1) is 11.7. The second-order valence-electron chi connectivity index (χ2n) is 3.29. The standard InChI is InChI=1S/C8H12BrF3S/c9-7(6-3-4-6)2-1-5-13-8(10,11)12/h6-7H,1-5H2. The number of rotatable bonds is 5. The van der Waals surface area contributed by atoms with Gasteiger partial charge in [-0.25, -0.2) is 0 Å². The first-order valence-electron chi connectivity index (χ1n) is 4.34. The van der Waals surface area contributed by atoms with Gasteiger partial charge in [0.2, 0.25) is 0 Å². The number of hydrogen-bond acceptors (Lipinski definition) is 1. The van der Waals surface area contributed by atoms with Crippen LogP contribution in [-0.4, -0.2) is 16.1 Å². The lowest BCUT2D eigenvalue weighted by molar-refractivity contribution is -0.0328. The molecule has 1 fully saturated rings. The molecule has 0 aromatic heterocycles. The molecule has 0 heterocycles. The Morgan fingerprint density at radius 3 is 2.46 bits per heavy atom. The third kappa shape index (κ3) is 5.83. The molecule has 0 spiro atoms. The van der Waals surface area contributed by atoms with Crippen molar-refractivity contribution in [1.82, 2.24) is 0 Å². The van der Waals surface area contributed by atoms with Crippen molar-refractivity contribution in [3.63, 3.8) is 0 Å². The second kappa shape index (κ2) is 4.91. The van der Waals surface area contributed by atoms with Gasteiger partial charge in [-0.1, -0.05) is 27.7 Å². The Balaban J connectivity index is 1.94. The van der Waals surface area contributed by atoms with E-state index >= 15 is 0 Å². The fourth-order valence-corrected chi connectivity index (χ4v) is 2.55. The molecule has 13 heavy (non-hydrogen) atoms. The van der Waals surface area contributed by atoms with E-state index in [0.29, 0.717) is 11.2 Å². The van der Waals surface area contributed by atoms with Crippen LogP contribution in [0.2, 0.25) is 0 Å². The van der Waals surface area contributed by atoms with Gasteiger partial charge in [0.25, 0.3) is 0 Å². The fourth-order valence-electron chi connectivity index (χ4n) is 1.16. The van der Waals surface area contributed by atoms with Gasteiger partial charge in [0, 0.05) is 10.6 Å². The Morgan fingerprint density at radius 1 is 1.38 bits per heavy atom. The number of alkyl halides is 4. The van der Waals surface area contributed by atoms with E-state index < -0.39 is 5.51 Å². The molecule has 0 amide bonds. The van der Waals surface area contributed by atoms with Crippen molar-refractivity contribution in [2.45, 2.75) is 36.0 Å². The Labute approximate surface area is 88.8 Å². The highest BCUT2D eigenvalue weighted by atomic mass is 79.9. The van der Waals surface area contributed by atoms with Crippen molar-refractivity contribution in [2.24, 2.45) is 5.92 Å². The minimum Gasteiger partial charge on any atom is -0.160 e. The molecule has 5 heteroatoms. The number of hydrogen-bond donors (Lipinski definition) is 0. The molecule has 0 saturated heterocycles. The van der Waals surface area contributed by atoms with Crippen LogP contribution in [0.4, 0.5) is 13.2 Å². The maximum Gasteiger partial charge on any atom is 0.441 e. The summed E-state index contributed by atoms with van der Waals surface area (Å²) in [7, 11) is 0. The first-order chi connectivity index (χ1) is 5.99. The molecule has 1 unspecified atom stereocenters. The average molecular weight is 277 g/mol. The molecule has 0 aromatic carbocycles. The van der Waals surface area contributed by atoms with E-state index in [1.807, 2.05) is 0 Å². The van der Waals surface area contributed by atoms with Crippen LogP contribution in [0.15, 0.2) is 0 Å². The molecule has 1 aliphatic rings. The fraction of sp³-hybridized carbons (Fsp3) is 1.00. The van der Waals surface area contributed by atoms with Crippen molar-refractivity contribution in [3.05, 3.63) is 0 Å². The van der Waals surface area contributed by atoms with Crippen molar-refractivity contribution < 1.29 is 13.2 Å². The van der Waals surface area contributed by atoms with E-state index in [1.54, 1.807) is 0 Å². The van der Waals surface area contributed by atoms with E-state index in [1.165, 1.54) is 12.8 Å². The molecular formula is C8H12BrF3S. The zero-order chi connectivity index (χ0) is 9.90. The molecular weight excluding hydrogens is 265 g/mol. The molecule has 1 aliphatic carbocycles. The van der Waals surface area contributed by atoms with Crippen molar-refractivity contribution in [3.8, 4) is 0 Å². The highest BCUT2D eigenvalue weighted by Gasteiger charge is 2.30. The van der Waals surface area contributed by atoms with Gasteiger partial charge in [0.15, 0.2) is 0 Å². The van der Waals surface area contributed by atoms with Crippen molar-refractivity contribution in [1.29, 1.82) is 0 Å². The zero-order valence-electron chi connectivity index (χ0n) is 7.11. The molecule has 78 valence electrons. The molecule has 1 saturated carbocycles. The van der Waals surface area contributed by atoms with Crippen LogP contribution in [0.3, 0.4) is 0 Å². The van der Waals surface area contributed by atoms with Gasteiger partial charge < -0.3 is 0 Å². The second-order valence-corrected chi connectivity index (χ2v) is 5.63. The molecule has 0 aliphatic heterocycles. The molecule has 0 nitrogen and oxygen atoms in total. The predicted octanol–water partition coefficient (Wildman–Crippen LogP) is 4.19. The predicted molar refractivity (Wildman–Crippen MR) is 53.2 cm³/mol. The number of thioether (sulfide) groups is 1. The normalized spacial score (nSPS) is 20.3. The van der Waals surface area contributed by atoms with Crippen molar-refractivity contribution in [2.75, 3.05) is 5.75 Å². The van der Waals surface area contributed by atoms with Gasteiger partial charge in [-0.15, -0.1) is 0 Å². The Hall–Kier alpha value is 0.620. The topological polar surface area (TPSA) is 0 Å². The summed E-state index contributed by atoms with van der Waals surface area (Å²) < 4.78 is 35.1. The van der Waals surface area contributed by atoms with E-state index in [0.717, 1.165) is 12.3 Å². The molecule has 1 rings (SSSR count). The van der Waals surface area contributed by atoms with Gasteiger partial charge in [0.1, 0.15) is 0 Å². The lowest BCUT2D eigenvalue weighted by Crippen LogP contribution is -2.04. The van der Waals surface area contributed by atoms with Crippen LogP contribution in [0.1, 0.15) is 25.7 Å². The lowest BCUT2D eigenvalue weighted by atomic mass is 10.2. The smallest absolute Gasteiger partial charge is 0.160 e. The van der Waals surface area contributed by atoms with Crippen LogP contribution < -0.4 is 0 Å². The largest absolute Gasteiger partial charge is 0.441 e. The van der Waals surface area contributed by atoms with Crippen LogP contribution in [0, 0.1) is 5.92 Å². The van der Waals surface area contributed by atoms with Gasteiger partial charge in [-0.3, -0.25) is 0 Å². The summed E-state index contributed by atoms with van der Waals surface area (Å²) in [6.45, 7) is 0. The summed E-state index contributed by atoms with van der Waals surface area (Å²) in [5, 5.41) is 0. The van der Waals surface area contributed by atoms with E-state index in [4.69, 9.17) is 0 Å². The van der Waals surface area contributed by atoms with Gasteiger partial charge in [-0.2, -0.15) is 13.2 Å². The number of halogens is 4. The quantitative estimate of drug-likeness (QED) is 0.536. The summed E-state index contributed by atoms with van der Waals surface area (Å²) in [6.07, 6.45) is 4.00. The summed E-state index contributed by atoms with van der Waals surface area (Å²) in [6, 6.07) is 0. The van der Waals surface area contributed by atoms with E-state index in [2.05, 4.69) is 15.9 Å². The Bertz CT molecular complexity index is 156. The lowest BCUT2D eigenvalue weighted by Gasteiger charge is -2.08. The minimum absolute atomic E-state index is 0.0868.